The van der Waals surface area contributed by atoms with Gasteiger partial charge in [-0.15, -0.1) is 24.0 Å². The number of piperidine rings is 1. The van der Waals surface area contributed by atoms with Crippen LogP contribution in [-0.4, -0.2) is 80.1 Å². The molecule has 2 aliphatic rings. The Bertz CT molecular complexity index is 435. The maximum Gasteiger partial charge on any atom is 0.324 e. The number of nitrogens with zero attached hydrogens (tertiary/aromatic N) is 3. The van der Waals surface area contributed by atoms with Crippen molar-refractivity contribution >= 4 is 41.9 Å². The monoisotopic (exact) mass is 452 g/mol. The van der Waals surface area contributed by atoms with E-state index >= 15 is 0 Å². The lowest BCUT2D eigenvalue weighted by molar-refractivity contribution is -0.124. The molecular weight excluding hydrogens is 423 g/mol. The molecule has 0 saturated carbocycles. The minimum Gasteiger partial charge on any atom is -0.355 e. The molecule has 138 valence electrons. The summed E-state index contributed by atoms with van der Waals surface area (Å²) >= 11 is 0. The molecule has 0 bridgehead atoms. The van der Waals surface area contributed by atoms with Crippen LogP contribution in [-0.2, 0) is 4.79 Å². The summed E-state index contributed by atoms with van der Waals surface area (Å²) in [4.78, 5) is 30.9. The van der Waals surface area contributed by atoms with Crippen LogP contribution in [0.15, 0.2) is 4.99 Å². The van der Waals surface area contributed by atoms with Gasteiger partial charge in [-0.3, -0.25) is 14.7 Å². The summed E-state index contributed by atoms with van der Waals surface area (Å²) in [6.45, 7) is 6.55. The van der Waals surface area contributed by atoms with E-state index < -0.39 is 0 Å². The third-order valence-corrected chi connectivity index (χ3v) is 4.26. The highest BCUT2D eigenvalue weighted by Crippen LogP contribution is 2.10. The predicted molar refractivity (Wildman–Crippen MR) is 105 cm³/mol. The summed E-state index contributed by atoms with van der Waals surface area (Å²) in [5.74, 6) is 0.550. The number of guanidine groups is 1. The highest BCUT2D eigenvalue weighted by molar-refractivity contribution is 14.0. The van der Waals surface area contributed by atoms with E-state index in [1.54, 1.807) is 7.05 Å². The van der Waals surface area contributed by atoms with Crippen LogP contribution < -0.4 is 16.0 Å². The van der Waals surface area contributed by atoms with Crippen molar-refractivity contribution in [2.75, 3.05) is 46.3 Å². The third-order valence-electron chi connectivity index (χ3n) is 4.26. The molecule has 0 radical (unpaired) electrons. The van der Waals surface area contributed by atoms with E-state index in [4.69, 9.17) is 0 Å². The van der Waals surface area contributed by atoms with Gasteiger partial charge < -0.3 is 20.9 Å². The van der Waals surface area contributed by atoms with Crippen molar-refractivity contribution in [1.29, 1.82) is 0 Å². The Morgan fingerprint density at radius 1 is 1.29 bits per heavy atom. The quantitative estimate of drug-likeness (QED) is 0.232. The zero-order chi connectivity index (χ0) is 16.7. The number of halogens is 1. The van der Waals surface area contributed by atoms with Crippen molar-refractivity contribution in [2.24, 2.45) is 4.99 Å². The second-order valence-corrected chi connectivity index (χ2v) is 5.96. The fourth-order valence-corrected chi connectivity index (χ4v) is 2.97. The first kappa shape index (κ1) is 20.9. The second kappa shape index (κ2) is 10.7. The van der Waals surface area contributed by atoms with E-state index in [9.17, 15) is 9.59 Å². The molecule has 0 spiro atoms. The Labute approximate surface area is 160 Å². The van der Waals surface area contributed by atoms with E-state index in [1.165, 1.54) is 17.9 Å². The SMILES string of the molecule is CCCN1CCC(NC(=NC)NCCN2C(=O)CNC2=O)CC1.I. The molecule has 0 aliphatic carbocycles. The molecule has 8 nitrogen and oxygen atoms in total. The summed E-state index contributed by atoms with van der Waals surface area (Å²) in [5.41, 5.74) is 0. The molecule has 0 atom stereocenters. The van der Waals surface area contributed by atoms with Gasteiger partial charge in [-0.2, -0.15) is 0 Å². The molecule has 0 aromatic rings. The van der Waals surface area contributed by atoms with E-state index in [0.717, 1.165) is 31.9 Å². The number of urea groups is 1. The van der Waals surface area contributed by atoms with Crippen molar-refractivity contribution in [2.45, 2.75) is 32.2 Å². The van der Waals surface area contributed by atoms with Crippen molar-refractivity contribution in [1.82, 2.24) is 25.8 Å². The number of amides is 3. The number of hydrogen-bond acceptors (Lipinski definition) is 4. The van der Waals surface area contributed by atoms with Gasteiger partial charge in [0.15, 0.2) is 5.96 Å². The number of hydrogen-bond donors (Lipinski definition) is 3. The first-order chi connectivity index (χ1) is 11.1. The molecule has 3 amide bonds. The summed E-state index contributed by atoms with van der Waals surface area (Å²) in [6.07, 6.45) is 3.41. The highest BCUT2D eigenvalue weighted by Gasteiger charge is 2.27. The molecule has 2 aliphatic heterocycles. The summed E-state index contributed by atoms with van der Waals surface area (Å²) in [7, 11) is 1.73. The van der Waals surface area contributed by atoms with Gasteiger partial charge in [-0.1, -0.05) is 6.92 Å². The number of rotatable bonds is 6. The van der Waals surface area contributed by atoms with Crippen LogP contribution in [0.4, 0.5) is 4.79 Å². The summed E-state index contributed by atoms with van der Waals surface area (Å²) in [5, 5.41) is 9.11. The van der Waals surface area contributed by atoms with Crippen LogP contribution in [0.1, 0.15) is 26.2 Å². The van der Waals surface area contributed by atoms with Crippen molar-refractivity contribution < 1.29 is 9.59 Å². The molecule has 0 aromatic carbocycles. The molecule has 3 N–H and O–H groups in total. The zero-order valence-electron chi connectivity index (χ0n) is 14.5. The van der Waals surface area contributed by atoms with Gasteiger partial charge >= 0.3 is 6.03 Å². The lowest BCUT2D eigenvalue weighted by Crippen LogP contribution is -2.50. The molecule has 2 fully saturated rings. The van der Waals surface area contributed by atoms with E-state index in [1.807, 2.05) is 0 Å². The molecule has 2 rings (SSSR count). The maximum atomic E-state index is 11.5. The minimum absolute atomic E-state index is 0. The molecule has 24 heavy (non-hydrogen) atoms. The highest BCUT2D eigenvalue weighted by atomic mass is 127. The number of aliphatic imine (C=N–C) groups is 1. The first-order valence-electron chi connectivity index (χ1n) is 8.41. The van der Waals surface area contributed by atoms with Crippen LogP contribution in [0.3, 0.4) is 0 Å². The fourth-order valence-electron chi connectivity index (χ4n) is 2.97. The average molecular weight is 452 g/mol. The number of carbonyl (C=O) groups is 2. The Morgan fingerprint density at radius 2 is 2.00 bits per heavy atom. The fraction of sp³-hybridized carbons (Fsp3) is 0.800. The Balaban J connectivity index is 0.00000288. The summed E-state index contributed by atoms with van der Waals surface area (Å²) < 4.78 is 0. The van der Waals surface area contributed by atoms with E-state index in [0.29, 0.717) is 19.1 Å². The zero-order valence-corrected chi connectivity index (χ0v) is 16.8. The largest absolute Gasteiger partial charge is 0.355 e. The minimum atomic E-state index is -0.317. The van der Waals surface area contributed by atoms with Crippen LogP contribution in [0.25, 0.3) is 0 Å². The van der Waals surface area contributed by atoms with Gasteiger partial charge in [0.2, 0.25) is 5.91 Å². The van der Waals surface area contributed by atoms with Gasteiger partial charge in [-0.25, -0.2) is 4.79 Å². The van der Waals surface area contributed by atoms with E-state index in [-0.39, 0.29) is 42.5 Å². The van der Waals surface area contributed by atoms with Gasteiger partial charge in [0, 0.05) is 39.3 Å². The Morgan fingerprint density at radius 3 is 2.54 bits per heavy atom. The maximum absolute atomic E-state index is 11.5. The van der Waals surface area contributed by atoms with Crippen LogP contribution in [0.5, 0.6) is 0 Å². The molecule has 0 aromatic heterocycles. The standard InChI is InChI=1S/C15H28N6O2.HI/c1-3-7-20-8-4-12(5-9-20)19-14(16-2)17-6-10-21-13(22)11-18-15(21)23;/h12H,3-11H2,1-2H3,(H,18,23)(H2,16,17,19);1H. The number of carbonyl (C=O) groups excluding carboxylic acids is 2. The summed E-state index contributed by atoms with van der Waals surface area (Å²) in [6, 6.07) is 0.106. The van der Waals surface area contributed by atoms with Gasteiger partial charge in [0.1, 0.15) is 0 Å². The second-order valence-electron chi connectivity index (χ2n) is 5.96. The normalized spacial score (nSPS) is 19.9. The first-order valence-corrected chi connectivity index (χ1v) is 8.41. The Kier molecular flexibility index (Phi) is 9.34. The van der Waals surface area contributed by atoms with Crippen molar-refractivity contribution in [3.05, 3.63) is 0 Å². The molecule has 2 heterocycles. The molecular formula is C15H29IN6O2. The molecule has 2 saturated heterocycles. The third kappa shape index (κ3) is 6.08. The average Bonchev–Trinajstić information content (AvgIpc) is 2.87. The molecule has 9 heteroatoms. The Hall–Kier alpha value is -1.10. The van der Waals surface area contributed by atoms with Crippen LogP contribution in [0, 0.1) is 0 Å². The predicted octanol–water partition coefficient (Wildman–Crippen LogP) is 0.196. The van der Waals surface area contributed by atoms with Crippen molar-refractivity contribution in [3.8, 4) is 0 Å². The lowest BCUT2D eigenvalue weighted by atomic mass is 10.1. The van der Waals surface area contributed by atoms with Gasteiger partial charge in [0.25, 0.3) is 0 Å². The topological polar surface area (TPSA) is 89.1 Å². The number of imide groups is 1. The van der Waals surface area contributed by atoms with Crippen LogP contribution in [0.2, 0.25) is 0 Å². The van der Waals surface area contributed by atoms with Gasteiger partial charge in [-0.05, 0) is 25.8 Å². The lowest BCUT2D eigenvalue weighted by Gasteiger charge is -2.32. The van der Waals surface area contributed by atoms with Gasteiger partial charge in [0.05, 0.1) is 6.54 Å². The number of likely N-dealkylation sites (tertiary alicyclic amines) is 1. The van der Waals surface area contributed by atoms with Crippen molar-refractivity contribution in [3.63, 3.8) is 0 Å². The number of nitrogens with one attached hydrogen (secondary N) is 3. The van der Waals surface area contributed by atoms with E-state index in [2.05, 4.69) is 32.8 Å². The smallest absolute Gasteiger partial charge is 0.324 e. The molecule has 0 unspecified atom stereocenters. The van der Waals surface area contributed by atoms with Crippen LogP contribution >= 0.6 is 24.0 Å².